The van der Waals surface area contributed by atoms with E-state index in [4.69, 9.17) is 23.2 Å². The molecule has 0 bridgehead atoms. The first kappa shape index (κ1) is 21.5. The zero-order valence-corrected chi connectivity index (χ0v) is 18.1. The molecule has 7 nitrogen and oxygen atoms in total. The number of pyridine rings is 1. The van der Waals surface area contributed by atoms with E-state index >= 15 is 0 Å². The van der Waals surface area contributed by atoms with Crippen LogP contribution in [-0.4, -0.2) is 26.3 Å². The molecule has 0 saturated carbocycles. The van der Waals surface area contributed by atoms with Crippen LogP contribution in [0.25, 0.3) is 0 Å². The normalized spacial score (nSPS) is 10.6. The second-order valence-corrected chi connectivity index (χ2v) is 7.76. The first-order valence-electron chi connectivity index (χ1n) is 9.56. The number of hydrogen-bond donors (Lipinski definition) is 2. The average Bonchev–Trinajstić information content (AvgIpc) is 3.30. The number of aromatic nitrogens is 3. The molecule has 2 aromatic carbocycles. The largest absolute Gasteiger partial charge is 0.333 e. The fraction of sp³-hybridized carbons (Fsp3) is 0.0435. The van der Waals surface area contributed by atoms with Gasteiger partial charge in [0, 0.05) is 35.7 Å². The van der Waals surface area contributed by atoms with Crippen molar-refractivity contribution in [2.24, 2.45) is 0 Å². The minimum Gasteiger partial charge on any atom is -0.333 e. The highest BCUT2D eigenvalue weighted by molar-refractivity contribution is 6.31. The summed E-state index contributed by atoms with van der Waals surface area (Å²) in [5.74, 6) is -0.487. The summed E-state index contributed by atoms with van der Waals surface area (Å²) in [5.41, 5.74) is 2.02. The summed E-state index contributed by atoms with van der Waals surface area (Å²) < 4.78 is 1.93. The van der Waals surface area contributed by atoms with Crippen LogP contribution in [0.4, 0.5) is 11.5 Å². The summed E-state index contributed by atoms with van der Waals surface area (Å²) in [6, 6.07) is 15.1. The molecule has 9 heteroatoms. The second-order valence-electron chi connectivity index (χ2n) is 6.89. The van der Waals surface area contributed by atoms with Gasteiger partial charge >= 0.3 is 0 Å². The van der Waals surface area contributed by atoms with Crippen LogP contribution in [0.2, 0.25) is 10.0 Å². The van der Waals surface area contributed by atoms with Gasteiger partial charge in [0.15, 0.2) is 0 Å². The van der Waals surface area contributed by atoms with E-state index < -0.39 is 5.91 Å². The maximum absolute atomic E-state index is 12.8. The van der Waals surface area contributed by atoms with Gasteiger partial charge in [-0.25, -0.2) is 9.97 Å². The molecule has 0 fully saturated rings. The van der Waals surface area contributed by atoms with Gasteiger partial charge in [0.1, 0.15) is 5.82 Å². The van der Waals surface area contributed by atoms with Crippen molar-refractivity contribution in [3.8, 4) is 0 Å². The molecule has 0 atom stereocenters. The van der Waals surface area contributed by atoms with Crippen LogP contribution in [0, 0.1) is 0 Å². The van der Waals surface area contributed by atoms with Gasteiger partial charge in [0.2, 0.25) is 0 Å². The number of rotatable bonds is 6. The monoisotopic (exact) mass is 465 g/mol. The minimum absolute atomic E-state index is 0.208. The van der Waals surface area contributed by atoms with E-state index in [-0.39, 0.29) is 11.5 Å². The Bertz CT molecular complexity index is 1240. The van der Waals surface area contributed by atoms with Gasteiger partial charge < -0.3 is 15.2 Å². The molecule has 2 amide bonds. The number of imidazole rings is 1. The first-order chi connectivity index (χ1) is 15.5. The third-order valence-electron chi connectivity index (χ3n) is 4.58. The Hall–Kier alpha value is -3.68. The highest BCUT2D eigenvalue weighted by Crippen LogP contribution is 2.23. The fourth-order valence-electron chi connectivity index (χ4n) is 2.99. The van der Waals surface area contributed by atoms with Crippen molar-refractivity contribution in [1.82, 2.24) is 14.5 Å². The van der Waals surface area contributed by atoms with E-state index in [0.29, 0.717) is 33.7 Å². The number of hydrogen-bond acceptors (Lipinski definition) is 4. The maximum Gasteiger partial charge on any atom is 0.258 e. The zero-order valence-electron chi connectivity index (χ0n) is 16.6. The summed E-state index contributed by atoms with van der Waals surface area (Å²) in [7, 11) is 0. The number of anilines is 2. The van der Waals surface area contributed by atoms with E-state index in [1.807, 2.05) is 22.9 Å². The van der Waals surface area contributed by atoms with E-state index in [0.717, 1.165) is 5.56 Å². The molecule has 0 aliphatic rings. The van der Waals surface area contributed by atoms with E-state index in [1.165, 1.54) is 12.3 Å². The minimum atomic E-state index is -0.465. The molecule has 0 aliphatic carbocycles. The molecule has 0 spiro atoms. The molecule has 160 valence electrons. The Kier molecular flexibility index (Phi) is 6.49. The Balaban J connectivity index is 1.49. The molecule has 2 aromatic heterocycles. The topological polar surface area (TPSA) is 88.9 Å². The average molecular weight is 466 g/mol. The molecule has 4 aromatic rings. The number of halogens is 2. The van der Waals surface area contributed by atoms with E-state index in [1.54, 1.807) is 48.9 Å². The lowest BCUT2D eigenvalue weighted by molar-refractivity contribution is 0.102. The molecule has 2 heterocycles. The molecule has 2 N–H and O–H groups in total. The SMILES string of the molecule is O=C(Nc1ccc(Cl)cc1C(=O)Nc1ccc(Cl)cn1)c1ccc(Cn2ccnc2)cc1. The van der Waals surface area contributed by atoms with Crippen LogP contribution in [0.3, 0.4) is 0 Å². The molecular formula is C23H17Cl2N5O2. The second kappa shape index (κ2) is 9.64. The predicted octanol–water partition coefficient (Wildman–Crippen LogP) is 5.14. The number of carbonyl (C=O) groups is 2. The Labute approximate surface area is 194 Å². The van der Waals surface area contributed by atoms with Crippen molar-refractivity contribution < 1.29 is 9.59 Å². The molecule has 0 unspecified atom stereocenters. The third kappa shape index (κ3) is 5.32. The number of amides is 2. The maximum atomic E-state index is 12.8. The Morgan fingerprint density at radius 2 is 1.69 bits per heavy atom. The molecule has 0 radical (unpaired) electrons. The number of carbonyl (C=O) groups excluding carboxylic acids is 2. The van der Waals surface area contributed by atoms with Crippen molar-refractivity contribution in [3.05, 3.63) is 106 Å². The number of benzene rings is 2. The van der Waals surface area contributed by atoms with Crippen LogP contribution in [0.5, 0.6) is 0 Å². The first-order valence-corrected chi connectivity index (χ1v) is 10.3. The highest BCUT2D eigenvalue weighted by atomic mass is 35.5. The van der Waals surface area contributed by atoms with Gasteiger partial charge in [-0.1, -0.05) is 35.3 Å². The van der Waals surface area contributed by atoms with Crippen molar-refractivity contribution in [2.45, 2.75) is 6.54 Å². The fourth-order valence-corrected chi connectivity index (χ4v) is 3.28. The summed E-state index contributed by atoms with van der Waals surface area (Å²) >= 11 is 11.9. The summed E-state index contributed by atoms with van der Waals surface area (Å²) in [4.78, 5) is 33.6. The van der Waals surface area contributed by atoms with Gasteiger partial charge in [-0.3, -0.25) is 9.59 Å². The lowest BCUT2D eigenvalue weighted by Crippen LogP contribution is -2.18. The predicted molar refractivity (Wildman–Crippen MR) is 124 cm³/mol. The molecule has 4 rings (SSSR count). The van der Waals surface area contributed by atoms with E-state index in [9.17, 15) is 9.59 Å². The van der Waals surface area contributed by atoms with E-state index in [2.05, 4.69) is 20.6 Å². The lowest BCUT2D eigenvalue weighted by atomic mass is 10.1. The molecule has 0 aliphatic heterocycles. The standard InChI is InChI=1S/C23H17Cl2N5O2/c24-17-5-7-20(19(11-17)23(32)29-21-8-6-18(25)12-27-21)28-22(31)16-3-1-15(2-4-16)13-30-10-9-26-14-30/h1-12,14H,13H2,(H,28,31)(H,27,29,32). The van der Waals surface area contributed by atoms with Gasteiger partial charge in [-0.2, -0.15) is 0 Å². The van der Waals surface area contributed by atoms with Gasteiger partial charge in [-0.05, 0) is 48.0 Å². The highest BCUT2D eigenvalue weighted by Gasteiger charge is 2.16. The van der Waals surface area contributed by atoms with Crippen molar-refractivity contribution in [2.75, 3.05) is 10.6 Å². The van der Waals surface area contributed by atoms with Crippen molar-refractivity contribution in [1.29, 1.82) is 0 Å². The van der Waals surface area contributed by atoms with Crippen LogP contribution in [0.1, 0.15) is 26.3 Å². The quantitative estimate of drug-likeness (QED) is 0.412. The molecule has 0 saturated heterocycles. The lowest BCUT2D eigenvalue weighted by Gasteiger charge is -2.12. The van der Waals surface area contributed by atoms with Crippen LogP contribution < -0.4 is 10.6 Å². The Morgan fingerprint density at radius 3 is 2.38 bits per heavy atom. The van der Waals surface area contributed by atoms with Crippen LogP contribution >= 0.6 is 23.2 Å². The molecule has 32 heavy (non-hydrogen) atoms. The number of nitrogens with one attached hydrogen (secondary N) is 2. The van der Waals surface area contributed by atoms with Gasteiger partial charge in [-0.15, -0.1) is 0 Å². The zero-order chi connectivity index (χ0) is 22.5. The smallest absolute Gasteiger partial charge is 0.258 e. The van der Waals surface area contributed by atoms with Crippen LogP contribution in [-0.2, 0) is 6.54 Å². The Morgan fingerprint density at radius 1 is 0.906 bits per heavy atom. The van der Waals surface area contributed by atoms with Crippen molar-refractivity contribution in [3.63, 3.8) is 0 Å². The van der Waals surface area contributed by atoms with Crippen molar-refractivity contribution >= 4 is 46.5 Å². The summed E-state index contributed by atoms with van der Waals surface area (Å²) in [6.07, 6.45) is 6.74. The van der Waals surface area contributed by atoms with Gasteiger partial charge in [0.25, 0.3) is 11.8 Å². The summed E-state index contributed by atoms with van der Waals surface area (Å²) in [6.45, 7) is 0.655. The molecular weight excluding hydrogens is 449 g/mol. The third-order valence-corrected chi connectivity index (χ3v) is 5.04. The summed E-state index contributed by atoms with van der Waals surface area (Å²) in [5, 5.41) is 6.26. The van der Waals surface area contributed by atoms with Gasteiger partial charge in [0.05, 0.1) is 22.6 Å². The number of nitrogens with zero attached hydrogens (tertiary/aromatic N) is 3. The van der Waals surface area contributed by atoms with Crippen LogP contribution in [0.15, 0.2) is 79.5 Å².